The molecule has 2 heterocycles. The maximum Gasteiger partial charge on any atom is 0.273 e. The molecule has 1 unspecified atom stereocenters. The van der Waals surface area contributed by atoms with Crippen LogP contribution in [-0.4, -0.2) is 46.2 Å². The van der Waals surface area contributed by atoms with E-state index < -0.39 is 6.29 Å². The molecule has 1 amide bonds. The SMILES string of the molecule is CCOC(Cn1cc(C(=O)NC2CCSc3ccccc32)nn1)OCC. The Morgan fingerprint density at radius 3 is 2.88 bits per heavy atom. The quantitative estimate of drug-likeness (QED) is 0.714. The second kappa shape index (κ2) is 9.16. The second-order valence-electron chi connectivity index (χ2n) is 5.87. The van der Waals surface area contributed by atoms with E-state index in [4.69, 9.17) is 9.47 Å². The van der Waals surface area contributed by atoms with Crippen molar-refractivity contribution in [2.75, 3.05) is 19.0 Å². The van der Waals surface area contributed by atoms with Crippen LogP contribution in [0.25, 0.3) is 0 Å². The van der Waals surface area contributed by atoms with Gasteiger partial charge in [0, 0.05) is 23.9 Å². The maximum absolute atomic E-state index is 12.6. The van der Waals surface area contributed by atoms with E-state index in [9.17, 15) is 4.79 Å². The molecule has 2 aromatic rings. The topological polar surface area (TPSA) is 78.3 Å². The molecule has 0 aliphatic carbocycles. The summed E-state index contributed by atoms with van der Waals surface area (Å²) < 4.78 is 12.6. The Labute approximate surface area is 157 Å². The highest BCUT2D eigenvalue weighted by Crippen LogP contribution is 2.35. The van der Waals surface area contributed by atoms with Gasteiger partial charge in [0.1, 0.15) is 0 Å². The first-order valence-corrected chi connectivity index (χ1v) is 9.85. The van der Waals surface area contributed by atoms with Crippen molar-refractivity contribution in [2.45, 2.75) is 44.0 Å². The molecule has 0 bridgehead atoms. The molecule has 1 N–H and O–H groups in total. The first-order chi connectivity index (χ1) is 12.7. The van der Waals surface area contributed by atoms with E-state index in [0.717, 1.165) is 17.7 Å². The van der Waals surface area contributed by atoms with Crippen LogP contribution in [0.4, 0.5) is 0 Å². The third-order valence-electron chi connectivity index (χ3n) is 4.08. The van der Waals surface area contributed by atoms with E-state index in [1.54, 1.807) is 10.9 Å². The van der Waals surface area contributed by atoms with Gasteiger partial charge in [-0.25, -0.2) is 4.68 Å². The summed E-state index contributed by atoms with van der Waals surface area (Å²) in [5, 5.41) is 11.1. The molecule has 0 fully saturated rings. The van der Waals surface area contributed by atoms with Crippen molar-refractivity contribution in [3.05, 3.63) is 41.7 Å². The predicted octanol–water partition coefficient (Wildman–Crippen LogP) is 2.64. The number of amides is 1. The molecule has 1 aromatic heterocycles. The molecular formula is C18H24N4O3S. The van der Waals surface area contributed by atoms with Gasteiger partial charge in [0.15, 0.2) is 12.0 Å². The summed E-state index contributed by atoms with van der Waals surface area (Å²) in [7, 11) is 0. The molecule has 1 aliphatic heterocycles. The lowest BCUT2D eigenvalue weighted by Gasteiger charge is -2.25. The highest BCUT2D eigenvalue weighted by Gasteiger charge is 2.23. The van der Waals surface area contributed by atoms with Crippen LogP contribution in [0.2, 0.25) is 0 Å². The van der Waals surface area contributed by atoms with Crippen molar-refractivity contribution in [2.24, 2.45) is 0 Å². The van der Waals surface area contributed by atoms with Crippen molar-refractivity contribution >= 4 is 17.7 Å². The monoisotopic (exact) mass is 376 g/mol. The lowest BCUT2D eigenvalue weighted by atomic mass is 10.0. The fourth-order valence-corrected chi connectivity index (χ4v) is 4.02. The fourth-order valence-electron chi connectivity index (χ4n) is 2.89. The number of carbonyl (C=O) groups is 1. The Balaban J connectivity index is 1.64. The third-order valence-corrected chi connectivity index (χ3v) is 5.20. The average molecular weight is 376 g/mol. The Morgan fingerprint density at radius 2 is 2.12 bits per heavy atom. The number of aromatic nitrogens is 3. The van der Waals surface area contributed by atoms with Gasteiger partial charge < -0.3 is 14.8 Å². The zero-order valence-electron chi connectivity index (χ0n) is 15.1. The summed E-state index contributed by atoms with van der Waals surface area (Å²) >= 11 is 1.82. The Morgan fingerprint density at radius 1 is 1.35 bits per heavy atom. The predicted molar refractivity (Wildman–Crippen MR) is 99.1 cm³/mol. The number of hydrogen-bond acceptors (Lipinski definition) is 6. The van der Waals surface area contributed by atoms with Gasteiger partial charge in [-0.15, -0.1) is 16.9 Å². The molecule has 1 atom stereocenters. The second-order valence-corrected chi connectivity index (χ2v) is 7.00. The minimum atomic E-state index is -0.398. The summed E-state index contributed by atoms with van der Waals surface area (Å²) in [6.07, 6.45) is 2.13. The van der Waals surface area contributed by atoms with Gasteiger partial charge in [0.05, 0.1) is 18.8 Å². The first-order valence-electron chi connectivity index (χ1n) is 8.87. The van der Waals surface area contributed by atoms with Gasteiger partial charge in [-0.05, 0) is 31.9 Å². The summed E-state index contributed by atoms with van der Waals surface area (Å²) in [4.78, 5) is 13.8. The van der Waals surface area contributed by atoms with Crippen LogP contribution in [0.3, 0.4) is 0 Å². The molecule has 1 aliphatic rings. The number of thioether (sulfide) groups is 1. The lowest BCUT2D eigenvalue weighted by molar-refractivity contribution is -0.145. The number of carbonyl (C=O) groups excluding carboxylic acids is 1. The number of benzene rings is 1. The average Bonchev–Trinajstić information content (AvgIpc) is 3.11. The molecule has 140 valence electrons. The highest BCUT2D eigenvalue weighted by atomic mass is 32.2. The third kappa shape index (κ3) is 4.63. The summed E-state index contributed by atoms with van der Waals surface area (Å²) in [6.45, 7) is 5.31. The van der Waals surface area contributed by atoms with E-state index in [1.165, 1.54) is 4.90 Å². The van der Waals surface area contributed by atoms with Crippen molar-refractivity contribution < 1.29 is 14.3 Å². The van der Waals surface area contributed by atoms with E-state index >= 15 is 0 Å². The van der Waals surface area contributed by atoms with Crippen LogP contribution in [0, 0.1) is 0 Å². The van der Waals surface area contributed by atoms with Gasteiger partial charge in [0.2, 0.25) is 0 Å². The molecule has 0 radical (unpaired) electrons. The Bertz CT molecular complexity index is 731. The summed E-state index contributed by atoms with van der Waals surface area (Å²) in [5.74, 6) is 0.770. The largest absolute Gasteiger partial charge is 0.351 e. The van der Waals surface area contributed by atoms with Crippen LogP contribution in [0.15, 0.2) is 35.4 Å². The van der Waals surface area contributed by atoms with Crippen molar-refractivity contribution in [3.63, 3.8) is 0 Å². The summed E-state index contributed by atoms with van der Waals surface area (Å²) in [6, 6.07) is 8.19. The molecule has 3 rings (SSSR count). The molecular weight excluding hydrogens is 352 g/mol. The van der Waals surface area contributed by atoms with Gasteiger partial charge in [-0.1, -0.05) is 23.4 Å². The normalized spacial score (nSPS) is 16.5. The van der Waals surface area contributed by atoms with E-state index in [-0.39, 0.29) is 11.9 Å². The van der Waals surface area contributed by atoms with Crippen LogP contribution >= 0.6 is 11.8 Å². The first kappa shape index (κ1) is 18.9. The van der Waals surface area contributed by atoms with Crippen LogP contribution in [-0.2, 0) is 16.0 Å². The lowest BCUT2D eigenvalue weighted by Crippen LogP contribution is -2.31. The number of fused-ring (bicyclic) bond motifs is 1. The van der Waals surface area contributed by atoms with Crippen molar-refractivity contribution in [1.29, 1.82) is 0 Å². The van der Waals surface area contributed by atoms with Crippen LogP contribution in [0.5, 0.6) is 0 Å². The molecule has 1 aromatic carbocycles. The minimum absolute atomic E-state index is 0.00435. The molecule has 8 heteroatoms. The van der Waals surface area contributed by atoms with E-state index in [1.807, 2.05) is 37.7 Å². The van der Waals surface area contributed by atoms with Gasteiger partial charge in [-0.2, -0.15) is 0 Å². The number of rotatable bonds is 8. The van der Waals surface area contributed by atoms with E-state index in [0.29, 0.717) is 25.5 Å². The summed E-state index contributed by atoms with van der Waals surface area (Å²) in [5.41, 5.74) is 1.46. The Hall–Kier alpha value is -1.90. The molecule has 0 spiro atoms. The standard InChI is InChI=1S/C18H24N4O3S/c1-3-24-17(25-4-2)12-22-11-15(20-21-22)18(23)19-14-9-10-26-16-8-6-5-7-13(14)16/h5-8,11,14,17H,3-4,9-10,12H2,1-2H3,(H,19,23). The fraction of sp³-hybridized carbons (Fsp3) is 0.500. The smallest absolute Gasteiger partial charge is 0.273 e. The molecule has 7 nitrogen and oxygen atoms in total. The van der Waals surface area contributed by atoms with Gasteiger partial charge >= 0.3 is 0 Å². The van der Waals surface area contributed by atoms with Gasteiger partial charge in [-0.3, -0.25) is 4.79 Å². The zero-order valence-corrected chi connectivity index (χ0v) is 15.9. The molecule has 0 saturated heterocycles. The van der Waals surface area contributed by atoms with Crippen LogP contribution in [0.1, 0.15) is 42.4 Å². The minimum Gasteiger partial charge on any atom is -0.351 e. The number of hydrogen-bond donors (Lipinski definition) is 1. The van der Waals surface area contributed by atoms with Gasteiger partial charge in [0.25, 0.3) is 5.91 Å². The number of nitrogens with one attached hydrogen (secondary N) is 1. The molecule has 0 saturated carbocycles. The van der Waals surface area contributed by atoms with E-state index in [2.05, 4.69) is 27.8 Å². The number of nitrogens with zero attached hydrogens (tertiary/aromatic N) is 3. The van der Waals surface area contributed by atoms with Crippen LogP contribution < -0.4 is 5.32 Å². The van der Waals surface area contributed by atoms with Crippen molar-refractivity contribution in [3.8, 4) is 0 Å². The van der Waals surface area contributed by atoms with Crippen molar-refractivity contribution in [1.82, 2.24) is 20.3 Å². The highest BCUT2D eigenvalue weighted by molar-refractivity contribution is 7.99. The molecule has 26 heavy (non-hydrogen) atoms. The maximum atomic E-state index is 12.6. The zero-order chi connectivity index (χ0) is 18.4. The Kier molecular flexibility index (Phi) is 6.65. The number of ether oxygens (including phenoxy) is 2.